The average molecular weight is 474 g/mol. The van der Waals surface area contributed by atoms with E-state index in [0.717, 1.165) is 43.3 Å². The van der Waals surface area contributed by atoms with Crippen LogP contribution in [0.1, 0.15) is 5.56 Å². The van der Waals surface area contributed by atoms with Gasteiger partial charge in [0.2, 0.25) is 0 Å². The molecule has 0 saturated heterocycles. The number of nitrogens with zero attached hydrogens (tertiary/aromatic N) is 2. The van der Waals surface area contributed by atoms with Gasteiger partial charge in [-0.2, -0.15) is 0 Å². The predicted molar refractivity (Wildman–Crippen MR) is 135 cm³/mol. The molecule has 0 aliphatic rings. The van der Waals surface area contributed by atoms with Crippen molar-refractivity contribution in [1.29, 1.82) is 0 Å². The lowest BCUT2D eigenvalue weighted by Gasteiger charge is -2.12. The van der Waals surface area contributed by atoms with Crippen LogP contribution in [0.2, 0.25) is 0 Å². The number of rotatable bonds is 8. The Morgan fingerprint density at radius 2 is 1.65 bits per heavy atom. The molecule has 7 nitrogen and oxygen atoms in total. The molecule has 0 unspecified atom stereocenters. The molecule has 0 amide bonds. The maximum Gasteiger partial charge on any atom is 0.184 e. The van der Waals surface area contributed by atoms with E-state index >= 15 is 0 Å². The van der Waals surface area contributed by atoms with Gasteiger partial charge in [-0.3, -0.25) is 4.98 Å². The number of anilines is 1. The number of fused-ring (bicyclic) bond motifs is 2. The minimum Gasteiger partial charge on any atom is -0.497 e. The highest BCUT2D eigenvalue weighted by molar-refractivity contribution is 7.22. The van der Waals surface area contributed by atoms with Gasteiger partial charge in [-0.15, -0.1) is 0 Å². The largest absolute Gasteiger partial charge is 0.497 e. The van der Waals surface area contributed by atoms with E-state index < -0.39 is 0 Å². The molecule has 0 aliphatic carbocycles. The Kier molecular flexibility index (Phi) is 6.05. The van der Waals surface area contributed by atoms with Crippen molar-refractivity contribution in [2.24, 2.45) is 0 Å². The molecule has 0 fully saturated rings. The van der Waals surface area contributed by atoms with Gasteiger partial charge in [-0.1, -0.05) is 23.5 Å². The first-order valence-corrected chi connectivity index (χ1v) is 11.4. The lowest BCUT2D eigenvalue weighted by Crippen LogP contribution is -1.98. The Morgan fingerprint density at radius 1 is 0.794 bits per heavy atom. The molecular formula is C26H23N3O4S. The monoisotopic (exact) mass is 473 g/mol. The van der Waals surface area contributed by atoms with Crippen LogP contribution in [0.15, 0.2) is 66.9 Å². The number of hydrogen-bond donors (Lipinski definition) is 1. The van der Waals surface area contributed by atoms with Crippen molar-refractivity contribution in [3.8, 4) is 28.7 Å². The number of thiazole rings is 1. The summed E-state index contributed by atoms with van der Waals surface area (Å²) in [5.41, 5.74) is 2.80. The molecule has 0 saturated carbocycles. The lowest BCUT2D eigenvalue weighted by atomic mass is 10.2. The van der Waals surface area contributed by atoms with E-state index in [2.05, 4.69) is 16.4 Å². The zero-order chi connectivity index (χ0) is 23.5. The SMILES string of the molecule is COc1cccc(CNc2nc3ccc(Oc4ccnc5cc(OC)c(OC)cc45)cc3s2)c1. The summed E-state index contributed by atoms with van der Waals surface area (Å²) in [5, 5.41) is 5.08. The molecule has 0 spiro atoms. The highest BCUT2D eigenvalue weighted by Crippen LogP contribution is 2.38. The molecule has 34 heavy (non-hydrogen) atoms. The molecule has 1 N–H and O–H groups in total. The summed E-state index contributed by atoms with van der Waals surface area (Å²) in [6.45, 7) is 0.661. The van der Waals surface area contributed by atoms with Crippen LogP contribution in [0.3, 0.4) is 0 Å². The third-order valence-electron chi connectivity index (χ3n) is 5.37. The Bertz CT molecular complexity index is 1470. The molecule has 0 atom stereocenters. The Morgan fingerprint density at radius 3 is 2.47 bits per heavy atom. The average Bonchev–Trinajstić information content (AvgIpc) is 3.29. The summed E-state index contributed by atoms with van der Waals surface area (Å²) in [6.07, 6.45) is 1.72. The van der Waals surface area contributed by atoms with Gasteiger partial charge in [0, 0.05) is 30.3 Å². The normalized spacial score (nSPS) is 10.9. The van der Waals surface area contributed by atoms with Crippen LogP contribution in [0.4, 0.5) is 5.13 Å². The fourth-order valence-corrected chi connectivity index (χ4v) is 4.56. The van der Waals surface area contributed by atoms with E-state index in [4.69, 9.17) is 23.9 Å². The number of ether oxygens (including phenoxy) is 4. The number of nitrogens with one attached hydrogen (secondary N) is 1. The van der Waals surface area contributed by atoms with Gasteiger partial charge >= 0.3 is 0 Å². The van der Waals surface area contributed by atoms with Gasteiger partial charge in [-0.05, 0) is 42.0 Å². The predicted octanol–water partition coefficient (Wildman–Crippen LogP) is 6.27. The smallest absolute Gasteiger partial charge is 0.184 e. The lowest BCUT2D eigenvalue weighted by molar-refractivity contribution is 0.355. The van der Waals surface area contributed by atoms with Crippen LogP contribution in [0.5, 0.6) is 28.7 Å². The topological polar surface area (TPSA) is 74.7 Å². The van der Waals surface area contributed by atoms with Gasteiger partial charge in [0.25, 0.3) is 0 Å². The molecular weight excluding hydrogens is 450 g/mol. The molecule has 0 aliphatic heterocycles. The van der Waals surface area contributed by atoms with E-state index in [1.165, 1.54) is 0 Å². The second kappa shape index (κ2) is 9.44. The maximum atomic E-state index is 6.25. The first-order chi connectivity index (χ1) is 16.7. The van der Waals surface area contributed by atoms with Crippen LogP contribution in [0, 0.1) is 0 Å². The molecule has 8 heteroatoms. The highest BCUT2D eigenvalue weighted by Gasteiger charge is 2.12. The second-order valence-corrected chi connectivity index (χ2v) is 8.52. The van der Waals surface area contributed by atoms with Crippen molar-refractivity contribution in [3.05, 3.63) is 72.4 Å². The molecule has 5 aromatic rings. The summed E-state index contributed by atoms with van der Waals surface area (Å²) in [4.78, 5) is 9.13. The zero-order valence-corrected chi connectivity index (χ0v) is 19.8. The molecule has 172 valence electrons. The third-order valence-corrected chi connectivity index (χ3v) is 6.35. The van der Waals surface area contributed by atoms with Crippen LogP contribution in [-0.4, -0.2) is 31.3 Å². The quantitative estimate of drug-likeness (QED) is 0.284. The Hall–Kier alpha value is -4.04. The second-order valence-electron chi connectivity index (χ2n) is 7.49. The Labute approximate surface area is 200 Å². The van der Waals surface area contributed by atoms with Crippen molar-refractivity contribution in [2.45, 2.75) is 6.54 Å². The van der Waals surface area contributed by atoms with Crippen LogP contribution in [0.25, 0.3) is 21.1 Å². The maximum absolute atomic E-state index is 6.25. The minimum atomic E-state index is 0.623. The summed E-state index contributed by atoms with van der Waals surface area (Å²) in [6, 6.07) is 19.4. The van der Waals surface area contributed by atoms with Crippen molar-refractivity contribution >= 4 is 37.6 Å². The molecule has 0 bridgehead atoms. The molecule has 0 radical (unpaired) electrons. The first kappa shape index (κ1) is 21.8. The van der Waals surface area contributed by atoms with Gasteiger partial charge in [0.15, 0.2) is 16.6 Å². The number of hydrogen-bond acceptors (Lipinski definition) is 8. The minimum absolute atomic E-state index is 0.623. The van der Waals surface area contributed by atoms with Crippen molar-refractivity contribution < 1.29 is 18.9 Å². The third kappa shape index (κ3) is 4.40. The van der Waals surface area contributed by atoms with Crippen molar-refractivity contribution in [2.75, 3.05) is 26.6 Å². The fourth-order valence-electron chi connectivity index (χ4n) is 3.67. The van der Waals surface area contributed by atoms with E-state index in [1.807, 2.05) is 54.6 Å². The van der Waals surface area contributed by atoms with Crippen molar-refractivity contribution in [1.82, 2.24) is 9.97 Å². The summed E-state index contributed by atoms with van der Waals surface area (Å²) in [5.74, 6) is 3.49. The van der Waals surface area contributed by atoms with Crippen molar-refractivity contribution in [3.63, 3.8) is 0 Å². The van der Waals surface area contributed by atoms with E-state index in [1.54, 1.807) is 38.9 Å². The van der Waals surface area contributed by atoms with E-state index in [0.29, 0.717) is 23.8 Å². The number of methoxy groups -OCH3 is 3. The molecule has 5 rings (SSSR count). The van der Waals surface area contributed by atoms with Gasteiger partial charge < -0.3 is 24.3 Å². The van der Waals surface area contributed by atoms with Crippen LogP contribution < -0.4 is 24.3 Å². The molecule has 3 aromatic carbocycles. The fraction of sp³-hybridized carbons (Fsp3) is 0.154. The first-order valence-electron chi connectivity index (χ1n) is 10.6. The summed E-state index contributed by atoms with van der Waals surface area (Å²) in [7, 11) is 4.88. The summed E-state index contributed by atoms with van der Waals surface area (Å²) < 4.78 is 23.4. The highest BCUT2D eigenvalue weighted by atomic mass is 32.1. The van der Waals surface area contributed by atoms with E-state index in [-0.39, 0.29) is 0 Å². The standard InChI is InChI=1S/C26H23N3O4S/c1-30-17-6-4-5-16(11-17)15-28-26-29-20-8-7-18(12-25(20)34-26)33-22-9-10-27-21-14-24(32-3)23(31-2)13-19(21)22/h4-14H,15H2,1-3H3,(H,28,29). The van der Waals surface area contributed by atoms with Gasteiger partial charge in [0.05, 0.1) is 37.1 Å². The van der Waals surface area contributed by atoms with Crippen LogP contribution >= 0.6 is 11.3 Å². The summed E-state index contributed by atoms with van der Waals surface area (Å²) >= 11 is 1.58. The van der Waals surface area contributed by atoms with Gasteiger partial charge in [0.1, 0.15) is 17.2 Å². The number of benzene rings is 3. The number of aromatic nitrogens is 2. The molecule has 2 heterocycles. The zero-order valence-electron chi connectivity index (χ0n) is 19.0. The van der Waals surface area contributed by atoms with E-state index in [9.17, 15) is 0 Å². The van der Waals surface area contributed by atoms with Gasteiger partial charge in [-0.25, -0.2) is 4.98 Å². The number of pyridine rings is 1. The Balaban J connectivity index is 1.38. The molecule has 2 aromatic heterocycles. The van der Waals surface area contributed by atoms with Crippen LogP contribution in [-0.2, 0) is 6.54 Å².